The molecule has 0 saturated carbocycles. The summed E-state index contributed by atoms with van der Waals surface area (Å²) < 4.78 is 10.5. The lowest BCUT2D eigenvalue weighted by molar-refractivity contribution is 0.359. The molecule has 2 heterocycles. The van der Waals surface area contributed by atoms with E-state index >= 15 is 0 Å². The third-order valence-electron chi connectivity index (χ3n) is 2.61. The molecule has 7 nitrogen and oxygen atoms in total. The van der Waals surface area contributed by atoms with Crippen molar-refractivity contribution < 1.29 is 8.94 Å². The van der Waals surface area contributed by atoms with Crippen LogP contribution in [0.1, 0.15) is 17.6 Å². The number of aromatic nitrogens is 4. The number of nitrogens with one attached hydrogen (secondary N) is 1. The minimum absolute atomic E-state index is 0.446. The first kappa shape index (κ1) is 12.5. The van der Waals surface area contributed by atoms with Crippen LogP contribution in [0.3, 0.4) is 0 Å². The highest BCUT2D eigenvalue weighted by molar-refractivity contribution is 5.51. The van der Waals surface area contributed by atoms with E-state index in [1.165, 1.54) is 0 Å². The maximum atomic E-state index is 5.56. The number of benzene rings is 1. The third kappa shape index (κ3) is 2.89. The first-order valence-electron chi connectivity index (χ1n) is 6.19. The van der Waals surface area contributed by atoms with Crippen LogP contribution in [0.15, 0.2) is 39.3 Å². The van der Waals surface area contributed by atoms with Gasteiger partial charge in [-0.3, -0.25) is 5.32 Å². The molecule has 1 aromatic carbocycles. The summed E-state index contributed by atoms with van der Waals surface area (Å²) in [7, 11) is 0. The smallest absolute Gasteiger partial charge is 0.247 e. The number of aryl methyl sites for hydroxylation is 1. The van der Waals surface area contributed by atoms with E-state index in [1.54, 1.807) is 6.92 Å². The molecule has 0 atom stereocenters. The SMILES string of the molecule is Cc1noc(CNCc2nnc(-c3ccccc3)o2)n1. The summed E-state index contributed by atoms with van der Waals surface area (Å²) >= 11 is 0. The lowest BCUT2D eigenvalue weighted by Crippen LogP contribution is -2.13. The van der Waals surface area contributed by atoms with E-state index in [9.17, 15) is 0 Å². The van der Waals surface area contributed by atoms with Gasteiger partial charge >= 0.3 is 0 Å². The van der Waals surface area contributed by atoms with Crippen LogP contribution < -0.4 is 5.32 Å². The topological polar surface area (TPSA) is 89.9 Å². The molecule has 2 aromatic heterocycles. The van der Waals surface area contributed by atoms with Gasteiger partial charge in [0.15, 0.2) is 5.82 Å². The molecule has 0 aliphatic heterocycles. The van der Waals surface area contributed by atoms with Gasteiger partial charge in [-0.1, -0.05) is 23.4 Å². The second-order valence-corrected chi connectivity index (χ2v) is 4.21. The van der Waals surface area contributed by atoms with Crippen molar-refractivity contribution in [2.45, 2.75) is 20.0 Å². The summed E-state index contributed by atoms with van der Waals surface area (Å²) in [5.74, 6) is 2.17. The van der Waals surface area contributed by atoms with Gasteiger partial charge in [0.25, 0.3) is 0 Å². The van der Waals surface area contributed by atoms with Crippen LogP contribution >= 0.6 is 0 Å². The van der Waals surface area contributed by atoms with E-state index in [4.69, 9.17) is 8.94 Å². The lowest BCUT2D eigenvalue weighted by atomic mass is 10.2. The first-order chi connectivity index (χ1) is 9.81. The van der Waals surface area contributed by atoms with E-state index in [0.29, 0.717) is 36.6 Å². The van der Waals surface area contributed by atoms with Crippen LogP contribution in [0.5, 0.6) is 0 Å². The van der Waals surface area contributed by atoms with Gasteiger partial charge in [0, 0.05) is 5.56 Å². The summed E-state index contributed by atoms with van der Waals surface area (Å²) in [6.45, 7) is 2.68. The van der Waals surface area contributed by atoms with E-state index in [1.807, 2.05) is 30.3 Å². The monoisotopic (exact) mass is 271 g/mol. The maximum Gasteiger partial charge on any atom is 0.247 e. The van der Waals surface area contributed by atoms with Crippen LogP contribution in [0.2, 0.25) is 0 Å². The predicted molar refractivity (Wildman–Crippen MR) is 69.3 cm³/mol. The minimum Gasteiger partial charge on any atom is -0.419 e. The molecule has 0 aliphatic rings. The van der Waals surface area contributed by atoms with Gasteiger partial charge in [0.05, 0.1) is 13.1 Å². The summed E-state index contributed by atoms with van der Waals surface area (Å²) in [5.41, 5.74) is 0.902. The highest BCUT2D eigenvalue weighted by Crippen LogP contribution is 2.16. The maximum absolute atomic E-state index is 5.56. The minimum atomic E-state index is 0.446. The first-order valence-corrected chi connectivity index (χ1v) is 6.19. The molecule has 0 saturated heterocycles. The molecule has 20 heavy (non-hydrogen) atoms. The Bertz CT molecular complexity index is 677. The standard InChI is InChI=1S/C13H13N5O2/c1-9-15-11(20-18-9)7-14-8-12-16-17-13(19-12)10-5-3-2-4-6-10/h2-6,14H,7-8H2,1H3. The molecular formula is C13H13N5O2. The molecule has 0 fully saturated rings. The average Bonchev–Trinajstić information content (AvgIpc) is 3.09. The van der Waals surface area contributed by atoms with Crippen molar-refractivity contribution in [1.82, 2.24) is 25.7 Å². The molecule has 3 aromatic rings. The quantitative estimate of drug-likeness (QED) is 0.755. The number of nitrogens with zero attached hydrogens (tertiary/aromatic N) is 4. The Morgan fingerprint density at radius 1 is 1.05 bits per heavy atom. The molecule has 0 unspecified atom stereocenters. The summed E-state index contributed by atoms with van der Waals surface area (Å²) in [5, 5.41) is 14.8. The predicted octanol–water partition coefficient (Wildman–Crippen LogP) is 1.72. The Kier molecular flexibility index (Phi) is 3.51. The highest BCUT2D eigenvalue weighted by Gasteiger charge is 2.08. The van der Waals surface area contributed by atoms with Gasteiger partial charge in [-0.15, -0.1) is 10.2 Å². The fraction of sp³-hybridized carbons (Fsp3) is 0.231. The summed E-state index contributed by atoms with van der Waals surface area (Å²) in [6, 6.07) is 9.64. The average molecular weight is 271 g/mol. The lowest BCUT2D eigenvalue weighted by Gasteiger charge is -1.96. The molecular weight excluding hydrogens is 258 g/mol. The Balaban J connectivity index is 1.58. The fourth-order valence-corrected chi connectivity index (χ4v) is 1.71. The molecule has 0 spiro atoms. The van der Waals surface area contributed by atoms with Crippen molar-refractivity contribution in [1.29, 1.82) is 0 Å². The van der Waals surface area contributed by atoms with Gasteiger partial charge in [-0.05, 0) is 19.1 Å². The van der Waals surface area contributed by atoms with E-state index in [0.717, 1.165) is 5.56 Å². The molecule has 0 aliphatic carbocycles. The van der Waals surface area contributed by atoms with Crippen LogP contribution in [-0.4, -0.2) is 20.3 Å². The molecule has 1 N–H and O–H groups in total. The molecule has 0 amide bonds. The van der Waals surface area contributed by atoms with Crippen molar-refractivity contribution in [2.24, 2.45) is 0 Å². The van der Waals surface area contributed by atoms with E-state index < -0.39 is 0 Å². The summed E-state index contributed by atoms with van der Waals surface area (Å²) in [4.78, 5) is 4.09. The fourth-order valence-electron chi connectivity index (χ4n) is 1.71. The van der Waals surface area contributed by atoms with Crippen LogP contribution in [0.25, 0.3) is 11.5 Å². The van der Waals surface area contributed by atoms with E-state index in [2.05, 4.69) is 25.7 Å². The normalized spacial score (nSPS) is 10.8. The number of rotatable bonds is 5. The molecule has 3 rings (SSSR count). The second kappa shape index (κ2) is 5.62. The Morgan fingerprint density at radius 3 is 2.60 bits per heavy atom. The van der Waals surface area contributed by atoms with Gasteiger partial charge in [-0.25, -0.2) is 0 Å². The summed E-state index contributed by atoms with van der Waals surface area (Å²) in [6.07, 6.45) is 0. The number of hydrogen-bond donors (Lipinski definition) is 1. The Morgan fingerprint density at radius 2 is 1.85 bits per heavy atom. The molecule has 0 bridgehead atoms. The third-order valence-corrected chi connectivity index (χ3v) is 2.61. The molecule has 0 radical (unpaired) electrons. The van der Waals surface area contributed by atoms with Crippen LogP contribution in [-0.2, 0) is 13.1 Å². The van der Waals surface area contributed by atoms with Crippen molar-refractivity contribution in [3.63, 3.8) is 0 Å². The van der Waals surface area contributed by atoms with Crippen molar-refractivity contribution >= 4 is 0 Å². The molecule has 102 valence electrons. The van der Waals surface area contributed by atoms with E-state index in [-0.39, 0.29) is 0 Å². The van der Waals surface area contributed by atoms with Crippen molar-refractivity contribution in [3.05, 3.63) is 47.9 Å². The Hall–Kier alpha value is -2.54. The molecule has 7 heteroatoms. The Labute approximate surface area is 115 Å². The van der Waals surface area contributed by atoms with Crippen LogP contribution in [0.4, 0.5) is 0 Å². The van der Waals surface area contributed by atoms with Crippen molar-refractivity contribution in [3.8, 4) is 11.5 Å². The zero-order chi connectivity index (χ0) is 13.8. The van der Waals surface area contributed by atoms with Gasteiger partial charge < -0.3 is 8.94 Å². The van der Waals surface area contributed by atoms with Gasteiger partial charge in [0.2, 0.25) is 17.7 Å². The zero-order valence-corrected chi connectivity index (χ0v) is 10.9. The van der Waals surface area contributed by atoms with Crippen molar-refractivity contribution in [2.75, 3.05) is 0 Å². The van der Waals surface area contributed by atoms with Gasteiger partial charge in [-0.2, -0.15) is 4.98 Å². The van der Waals surface area contributed by atoms with Crippen LogP contribution in [0, 0.1) is 6.92 Å². The van der Waals surface area contributed by atoms with Gasteiger partial charge in [0.1, 0.15) is 0 Å². The second-order valence-electron chi connectivity index (χ2n) is 4.21. The largest absolute Gasteiger partial charge is 0.419 e. The number of hydrogen-bond acceptors (Lipinski definition) is 7. The zero-order valence-electron chi connectivity index (χ0n) is 10.9. The highest BCUT2D eigenvalue weighted by atomic mass is 16.5.